The number of para-hydroxylation sites is 1. The van der Waals surface area contributed by atoms with E-state index in [0.29, 0.717) is 17.9 Å². The van der Waals surface area contributed by atoms with Crippen LogP contribution < -0.4 is 15.1 Å². The lowest BCUT2D eigenvalue weighted by molar-refractivity contribution is 0.0948. The maximum Gasteiger partial charge on any atom is 0.269 e. The highest BCUT2D eigenvalue weighted by molar-refractivity contribution is 5.93. The molecule has 1 aromatic carbocycles. The summed E-state index contributed by atoms with van der Waals surface area (Å²) in [4.78, 5) is 20.8. The molecule has 2 aromatic rings. The number of amides is 1. The number of carbonyl (C=O) groups is 1. The van der Waals surface area contributed by atoms with Gasteiger partial charge in [0, 0.05) is 44.6 Å². The van der Waals surface area contributed by atoms with Gasteiger partial charge in [-0.25, -0.2) is 4.39 Å². The van der Waals surface area contributed by atoms with Crippen LogP contribution in [0.5, 0.6) is 0 Å². The third-order valence-electron chi connectivity index (χ3n) is 4.88. The number of unbranched alkanes of at least 4 members (excludes halogenated alkanes) is 2. The molecule has 6 heteroatoms. The van der Waals surface area contributed by atoms with E-state index in [4.69, 9.17) is 0 Å². The number of anilines is 2. The van der Waals surface area contributed by atoms with Gasteiger partial charge in [0.1, 0.15) is 11.5 Å². The van der Waals surface area contributed by atoms with Crippen molar-refractivity contribution in [3.05, 3.63) is 54.1 Å². The molecule has 1 amide bonds. The van der Waals surface area contributed by atoms with Crippen LogP contribution in [0.1, 0.15) is 36.7 Å². The second kappa shape index (κ2) is 9.35. The minimum absolute atomic E-state index is 0.127. The molecule has 0 spiro atoms. The number of pyridine rings is 1. The van der Waals surface area contributed by atoms with Crippen LogP contribution in [0.15, 0.2) is 42.6 Å². The molecule has 1 aliphatic rings. The predicted molar refractivity (Wildman–Crippen MR) is 107 cm³/mol. The monoisotopic (exact) mass is 370 g/mol. The lowest BCUT2D eigenvalue weighted by Gasteiger charge is -2.37. The van der Waals surface area contributed by atoms with E-state index >= 15 is 0 Å². The van der Waals surface area contributed by atoms with Gasteiger partial charge >= 0.3 is 0 Å². The van der Waals surface area contributed by atoms with E-state index in [1.165, 1.54) is 6.07 Å². The fraction of sp³-hybridized carbons (Fsp3) is 0.429. The quantitative estimate of drug-likeness (QED) is 0.758. The zero-order valence-electron chi connectivity index (χ0n) is 15.8. The van der Waals surface area contributed by atoms with Gasteiger partial charge in [-0.05, 0) is 30.7 Å². The van der Waals surface area contributed by atoms with Crippen molar-refractivity contribution >= 4 is 17.3 Å². The summed E-state index contributed by atoms with van der Waals surface area (Å²) < 4.78 is 14.0. The zero-order valence-corrected chi connectivity index (χ0v) is 15.8. The van der Waals surface area contributed by atoms with Crippen molar-refractivity contribution in [2.45, 2.75) is 26.2 Å². The largest absolute Gasteiger partial charge is 0.368 e. The second-order valence-electron chi connectivity index (χ2n) is 6.79. The molecule has 2 heterocycles. The molecule has 0 unspecified atom stereocenters. The molecule has 5 nitrogen and oxygen atoms in total. The average molecular weight is 370 g/mol. The molecule has 0 atom stereocenters. The van der Waals surface area contributed by atoms with Crippen molar-refractivity contribution < 1.29 is 9.18 Å². The Balaban J connectivity index is 1.58. The summed E-state index contributed by atoms with van der Waals surface area (Å²) in [6, 6.07) is 10.6. The number of hydrogen-bond acceptors (Lipinski definition) is 4. The van der Waals surface area contributed by atoms with Gasteiger partial charge in [-0.2, -0.15) is 0 Å². The first-order valence-electron chi connectivity index (χ1n) is 9.67. The van der Waals surface area contributed by atoms with Gasteiger partial charge in [-0.1, -0.05) is 31.9 Å². The van der Waals surface area contributed by atoms with Crippen molar-refractivity contribution in [1.29, 1.82) is 0 Å². The number of aromatic nitrogens is 1. The molecule has 1 fully saturated rings. The summed E-state index contributed by atoms with van der Waals surface area (Å²) in [7, 11) is 0. The Bertz CT molecular complexity index is 759. The molecule has 1 N–H and O–H groups in total. The number of halogens is 1. The molecule has 3 rings (SSSR count). The highest BCUT2D eigenvalue weighted by atomic mass is 19.1. The SMILES string of the molecule is CCCCCNC(=O)c1cc(N2CCN(c3ccccc3F)CC2)ccn1. The van der Waals surface area contributed by atoms with Crippen LogP contribution >= 0.6 is 0 Å². The molecule has 0 bridgehead atoms. The Kier molecular flexibility index (Phi) is 6.63. The highest BCUT2D eigenvalue weighted by Crippen LogP contribution is 2.23. The molecule has 144 valence electrons. The van der Waals surface area contributed by atoms with Crippen LogP contribution in [0.25, 0.3) is 0 Å². The van der Waals surface area contributed by atoms with Gasteiger partial charge in [0.05, 0.1) is 5.69 Å². The Morgan fingerprint density at radius 3 is 2.59 bits per heavy atom. The van der Waals surface area contributed by atoms with Crippen molar-refractivity contribution in [3.8, 4) is 0 Å². The highest BCUT2D eigenvalue weighted by Gasteiger charge is 2.20. The minimum Gasteiger partial charge on any atom is -0.368 e. The van der Waals surface area contributed by atoms with Crippen LogP contribution in [-0.4, -0.2) is 43.6 Å². The Morgan fingerprint density at radius 1 is 1.11 bits per heavy atom. The lowest BCUT2D eigenvalue weighted by atomic mass is 10.2. The Morgan fingerprint density at radius 2 is 1.85 bits per heavy atom. The maximum atomic E-state index is 14.0. The minimum atomic E-state index is -0.183. The third-order valence-corrected chi connectivity index (χ3v) is 4.88. The zero-order chi connectivity index (χ0) is 19.1. The summed E-state index contributed by atoms with van der Waals surface area (Å²) in [6.45, 7) is 5.84. The van der Waals surface area contributed by atoms with Gasteiger partial charge in [0.15, 0.2) is 0 Å². The summed E-state index contributed by atoms with van der Waals surface area (Å²) in [5.41, 5.74) is 2.08. The van der Waals surface area contributed by atoms with Gasteiger partial charge in [0.25, 0.3) is 5.91 Å². The number of carbonyl (C=O) groups excluding carboxylic acids is 1. The standard InChI is InChI=1S/C21H27FN4O/c1-2-3-6-10-24-21(27)19-16-17(9-11-23-19)25-12-14-26(15-13-25)20-8-5-4-7-18(20)22/h4-5,7-9,11,16H,2-3,6,10,12-15H2,1H3,(H,24,27). The van der Waals surface area contributed by atoms with Crippen molar-refractivity contribution in [1.82, 2.24) is 10.3 Å². The van der Waals surface area contributed by atoms with Gasteiger partial charge in [-0.15, -0.1) is 0 Å². The molecule has 1 aromatic heterocycles. The molecule has 0 aliphatic carbocycles. The number of nitrogens with zero attached hydrogens (tertiary/aromatic N) is 3. The number of hydrogen-bond donors (Lipinski definition) is 1. The van der Waals surface area contributed by atoms with Crippen LogP contribution in [0.4, 0.5) is 15.8 Å². The first-order valence-corrected chi connectivity index (χ1v) is 9.67. The summed E-state index contributed by atoms with van der Waals surface area (Å²) in [5.74, 6) is -0.310. The van der Waals surface area contributed by atoms with Crippen LogP contribution in [-0.2, 0) is 0 Å². The molecule has 1 aliphatic heterocycles. The van der Waals surface area contributed by atoms with E-state index in [0.717, 1.165) is 51.1 Å². The van der Waals surface area contributed by atoms with E-state index in [9.17, 15) is 9.18 Å². The van der Waals surface area contributed by atoms with Gasteiger partial charge < -0.3 is 15.1 Å². The Labute approximate surface area is 160 Å². The number of nitrogens with one attached hydrogen (secondary N) is 1. The Hall–Kier alpha value is -2.63. The van der Waals surface area contributed by atoms with E-state index in [1.807, 2.05) is 24.3 Å². The second-order valence-corrected chi connectivity index (χ2v) is 6.79. The van der Waals surface area contributed by atoms with Crippen molar-refractivity contribution in [2.24, 2.45) is 0 Å². The van der Waals surface area contributed by atoms with E-state index in [2.05, 4.69) is 27.0 Å². The molecular weight excluding hydrogens is 343 g/mol. The van der Waals surface area contributed by atoms with E-state index < -0.39 is 0 Å². The van der Waals surface area contributed by atoms with E-state index in [-0.39, 0.29) is 11.7 Å². The lowest BCUT2D eigenvalue weighted by Crippen LogP contribution is -2.46. The predicted octanol–water partition coefficient (Wildman–Crippen LogP) is 3.47. The molecule has 0 radical (unpaired) electrons. The molecule has 1 saturated heterocycles. The normalized spacial score (nSPS) is 14.3. The fourth-order valence-corrected chi connectivity index (χ4v) is 3.32. The summed E-state index contributed by atoms with van der Waals surface area (Å²) in [6.07, 6.45) is 4.90. The number of rotatable bonds is 7. The van der Waals surface area contributed by atoms with Crippen molar-refractivity contribution in [3.63, 3.8) is 0 Å². The summed E-state index contributed by atoms with van der Waals surface area (Å²) in [5, 5.41) is 2.93. The van der Waals surface area contributed by atoms with Crippen LogP contribution in [0.2, 0.25) is 0 Å². The first-order chi connectivity index (χ1) is 13.2. The molecular formula is C21H27FN4O. The topological polar surface area (TPSA) is 48.5 Å². The fourth-order valence-electron chi connectivity index (χ4n) is 3.32. The smallest absolute Gasteiger partial charge is 0.269 e. The van der Waals surface area contributed by atoms with Crippen LogP contribution in [0.3, 0.4) is 0 Å². The van der Waals surface area contributed by atoms with Gasteiger partial charge in [-0.3, -0.25) is 9.78 Å². The first kappa shape index (κ1) is 19.1. The van der Waals surface area contributed by atoms with Crippen LogP contribution in [0, 0.1) is 5.82 Å². The third kappa shape index (κ3) is 4.96. The van der Waals surface area contributed by atoms with E-state index in [1.54, 1.807) is 12.3 Å². The summed E-state index contributed by atoms with van der Waals surface area (Å²) >= 11 is 0. The van der Waals surface area contributed by atoms with Crippen molar-refractivity contribution in [2.75, 3.05) is 42.5 Å². The number of piperazine rings is 1. The maximum absolute atomic E-state index is 14.0. The number of benzene rings is 1. The van der Waals surface area contributed by atoms with Gasteiger partial charge in [0.2, 0.25) is 0 Å². The molecule has 27 heavy (non-hydrogen) atoms. The average Bonchev–Trinajstić information content (AvgIpc) is 2.72. The molecule has 0 saturated carbocycles.